The molecule has 0 unspecified atom stereocenters. The zero-order chi connectivity index (χ0) is 17.8. The second-order valence-corrected chi connectivity index (χ2v) is 6.75. The first-order valence-corrected chi connectivity index (χ1v) is 9.54. The Balaban J connectivity index is 2.02. The standard InChI is InChI=1S/C18H36O6/c1-2-3-4-5-6-7-8-9-10-11-12-23-18-17(22)16(21)15(20)14(13-19)24-18/h14-22H,2-13H2,1H3/t14-,15+,16+,17-,18-/m1/s1. The predicted molar refractivity (Wildman–Crippen MR) is 91.6 cm³/mol. The van der Waals surface area contributed by atoms with Crippen LogP contribution in [0.25, 0.3) is 0 Å². The number of hydrogen-bond acceptors (Lipinski definition) is 6. The topological polar surface area (TPSA) is 99.4 Å². The highest BCUT2D eigenvalue weighted by atomic mass is 16.7. The van der Waals surface area contributed by atoms with Crippen LogP contribution in [0.3, 0.4) is 0 Å². The molecule has 0 spiro atoms. The van der Waals surface area contributed by atoms with E-state index < -0.39 is 37.3 Å². The molecule has 1 rings (SSSR count). The second kappa shape index (κ2) is 13.0. The van der Waals surface area contributed by atoms with Gasteiger partial charge in [0.2, 0.25) is 0 Å². The summed E-state index contributed by atoms with van der Waals surface area (Å²) in [5.74, 6) is 0. The Bertz CT molecular complexity index is 299. The van der Waals surface area contributed by atoms with Gasteiger partial charge in [0.25, 0.3) is 0 Å². The predicted octanol–water partition coefficient (Wildman–Crippen LogP) is 1.72. The van der Waals surface area contributed by atoms with E-state index >= 15 is 0 Å². The number of ether oxygens (including phenoxy) is 2. The SMILES string of the molecule is CCCCCCCCCCCCO[C@@H]1O[C@H](CO)[C@H](O)[C@H](O)[C@H]1O. The summed E-state index contributed by atoms with van der Waals surface area (Å²) >= 11 is 0. The molecule has 0 radical (unpaired) electrons. The van der Waals surface area contributed by atoms with Gasteiger partial charge in [0, 0.05) is 6.61 Å². The Morgan fingerprint density at radius 2 is 1.29 bits per heavy atom. The van der Waals surface area contributed by atoms with E-state index in [-0.39, 0.29) is 0 Å². The van der Waals surface area contributed by atoms with E-state index in [1.54, 1.807) is 0 Å². The fourth-order valence-corrected chi connectivity index (χ4v) is 2.99. The number of aliphatic hydroxyl groups excluding tert-OH is 4. The molecule has 0 aromatic heterocycles. The van der Waals surface area contributed by atoms with E-state index in [0.29, 0.717) is 6.61 Å². The first-order valence-electron chi connectivity index (χ1n) is 9.54. The van der Waals surface area contributed by atoms with Crippen molar-refractivity contribution in [2.24, 2.45) is 0 Å². The summed E-state index contributed by atoms with van der Waals surface area (Å²) in [4.78, 5) is 0. The molecule has 4 N–H and O–H groups in total. The fraction of sp³-hybridized carbons (Fsp3) is 1.00. The maximum absolute atomic E-state index is 9.84. The number of rotatable bonds is 13. The fourth-order valence-electron chi connectivity index (χ4n) is 2.99. The third-order valence-electron chi connectivity index (χ3n) is 4.63. The molecule has 0 bridgehead atoms. The van der Waals surface area contributed by atoms with Crippen LogP contribution < -0.4 is 0 Å². The second-order valence-electron chi connectivity index (χ2n) is 6.75. The van der Waals surface area contributed by atoms with Gasteiger partial charge in [-0.15, -0.1) is 0 Å². The largest absolute Gasteiger partial charge is 0.394 e. The number of hydrogen-bond donors (Lipinski definition) is 4. The lowest BCUT2D eigenvalue weighted by molar-refractivity contribution is -0.301. The van der Waals surface area contributed by atoms with Crippen molar-refractivity contribution in [1.29, 1.82) is 0 Å². The van der Waals surface area contributed by atoms with Crippen molar-refractivity contribution in [3.63, 3.8) is 0 Å². The molecule has 144 valence electrons. The minimum Gasteiger partial charge on any atom is -0.394 e. The summed E-state index contributed by atoms with van der Waals surface area (Å²) in [6, 6.07) is 0. The summed E-state index contributed by atoms with van der Waals surface area (Å²) < 4.78 is 10.8. The average Bonchev–Trinajstić information content (AvgIpc) is 2.59. The maximum atomic E-state index is 9.84. The highest BCUT2D eigenvalue weighted by Gasteiger charge is 2.43. The Hall–Kier alpha value is -0.240. The van der Waals surface area contributed by atoms with Gasteiger partial charge in [-0.3, -0.25) is 0 Å². The monoisotopic (exact) mass is 348 g/mol. The molecule has 1 saturated heterocycles. The van der Waals surface area contributed by atoms with Gasteiger partial charge in [-0.2, -0.15) is 0 Å². The summed E-state index contributed by atoms with van der Waals surface area (Å²) in [5, 5.41) is 38.3. The van der Waals surface area contributed by atoms with Crippen LogP contribution in [0.2, 0.25) is 0 Å². The quantitative estimate of drug-likeness (QED) is 0.378. The van der Waals surface area contributed by atoms with E-state index in [2.05, 4.69) is 6.92 Å². The molecule has 0 aliphatic carbocycles. The lowest BCUT2D eigenvalue weighted by Gasteiger charge is -2.39. The van der Waals surface area contributed by atoms with E-state index in [9.17, 15) is 15.3 Å². The van der Waals surface area contributed by atoms with Gasteiger partial charge in [0.05, 0.1) is 6.61 Å². The van der Waals surface area contributed by atoms with Gasteiger partial charge in [-0.05, 0) is 6.42 Å². The van der Waals surface area contributed by atoms with Crippen molar-refractivity contribution in [3.8, 4) is 0 Å². The van der Waals surface area contributed by atoms with Gasteiger partial charge in [-0.25, -0.2) is 0 Å². The van der Waals surface area contributed by atoms with Crippen LogP contribution in [0, 0.1) is 0 Å². The zero-order valence-corrected chi connectivity index (χ0v) is 15.0. The molecule has 0 saturated carbocycles. The van der Waals surface area contributed by atoms with Crippen LogP contribution in [-0.4, -0.2) is 64.3 Å². The molecular formula is C18H36O6. The molecule has 0 aromatic rings. The minimum atomic E-state index is -1.37. The van der Waals surface area contributed by atoms with E-state index in [1.807, 2.05) is 0 Å². The third-order valence-corrected chi connectivity index (χ3v) is 4.63. The Kier molecular flexibility index (Phi) is 11.8. The molecule has 6 nitrogen and oxygen atoms in total. The van der Waals surface area contributed by atoms with E-state index in [4.69, 9.17) is 14.6 Å². The first kappa shape index (κ1) is 21.8. The lowest BCUT2D eigenvalue weighted by Crippen LogP contribution is -2.59. The normalized spacial score (nSPS) is 30.6. The van der Waals surface area contributed by atoms with Crippen LogP contribution in [0.15, 0.2) is 0 Å². The van der Waals surface area contributed by atoms with Crippen LogP contribution in [0.1, 0.15) is 71.1 Å². The maximum Gasteiger partial charge on any atom is 0.186 e. The van der Waals surface area contributed by atoms with Crippen molar-refractivity contribution >= 4 is 0 Å². The molecule has 0 aromatic carbocycles. The van der Waals surface area contributed by atoms with Gasteiger partial charge < -0.3 is 29.9 Å². The van der Waals surface area contributed by atoms with Crippen molar-refractivity contribution in [2.75, 3.05) is 13.2 Å². The molecule has 6 heteroatoms. The van der Waals surface area contributed by atoms with E-state index in [0.717, 1.165) is 12.8 Å². The molecule has 1 aliphatic rings. The van der Waals surface area contributed by atoms with Gasteiger partial charge in [0.1, 0.15) is 24.4 Å². The summed E-state index contributed by atoms with van der Waals surface area (Å²) in [5.41, 5.74) is 0. The summed E-state index contributed by atoms with van der Waals surface area (Å²) in [6.45, 7) is 2.23. The Morgan fingerprint density at radius 1 is 0.750 bits per heavy atom. The number of aliphatic hydroxyl groups is 4. The highest BCUT2D eigenvalue weighted by molar-refractivity contribution is 4.88. The van der Waals surface area contributed by atoms with E-state index in [1.165, 1.54) is 51.4 Å². The zero-order valence-electron chi connectivity index (χ0n) is 15.0. The Morgan fingerprint density at radius 3 is 1.83 bits per heavy atom. The van der Waals surface area contributed by atoms with Crippen molar-refractivity contribution in [2.45, 2.75) is 102 Å². The van der Waals surface area contributed by atoms with Crippen molar-refractivity contribution in [3.05, 3.63) is 0 Å². The minimum absolute atomic E-state index is 0.428. The highest BCUT2D eigenvalue weighted by Crippen LogP contribution is 2.22. The summed E-state index contributed by atoms with van der Waals surface area (Å²) in [7, 11) is 0. The molecule has 24 heavy (non-hydrogen) atoms. The number of unbranched alkanes of at least 4 members (excludes halogenated alkanes) is 9. The van der Waals surface area contributed by atoms with Crippen molar-refractivity contribution < 1.29 is 29.9 Å². The lowest BCUT2D eigenvalue weighted by atomic mass is 9.99. The van der Waals surface area contributed by atoms with Crippen LogP contribution in [0.5, 0.6) is 0 Å². The van der Waals surface area contributed by atoms with Crippen LogP contribution in [0.4, 0.5) is 0 Å². The smallest absolute Gasteiger partial charge is 0.186 e. The van der Waals surface area contributed by atoms with Gasteiger partial charge in [0.15, 0.2) is 6.29 Å². The van der Waals surface area contributed by atoms with Crippen molar-refractivity contribution in [1.82, 2.24) is 0 Å². The molecule has 1 heterocycles. The molecule has 0 amide bonds. The molecular weight excluding hydrogens is 312 g/mol. The molecule has 1 fully saturated rings. The van der Waals surface area contributed by atoms with Crippen LogP contribution in [-0.2, 0) is 9.47 Å². The Labute approximate surface area is 145 Å². The van der Waals surface area contributed by atoms with Crippen LogP contribution >= 0.6 is 0 Å². The first-order chi connectivity index (χ1) is 11.6. The third kappa shape index (κ3) is 7.76. The molecule has 1 aliphatic heterocycles. The summed E-state index contributed by atoms with van der Waals surface area (Å²) in [6.07, 6.45) is 6.37. The molecule has 5 atom stereocenters. The van der Waals surface area contributed by atoms with Gasteiger partial charge >= 0.3 is 0 Å². The average molecular weight is 348 g/mol. The van der Waals surface area contributed by atoms with Gasteiger partial charge in [-0.1, -0.05) is 64.7 Å².